The Bertz CT molecular complexity index is 465. The number of unbranched alkanes of at least 4 members (excludes halogenated alkanes) is 1. The lowest BCUT2D eigenvalue weighted by atomic mass is 9.79. The largest absolute Gasteiger partial charge is 0.366 e. The van der Waals surface area contributed by atoms with Crippen molar-refractivity contribution in [3.63, 3.8) is 0 Å². The molecule has 1 aromatic carbocycles. The van der Waals surface area contributed by atoms with E-state index in [0.29, 0.717) is 5.92 Å². The Balaban J connectivity index is 2.31. The lowest BCUT2D eigenvalue weighted by Crippen LogP contribution is -2.48. The van der Waals surface area contributed by atoms with E-state index >= 15 is 0 Å². The average molecular weight is 288 g/mol. The summed E-state index contributed by atoms with van der Waals surface area (Å²) in [6, 6.07) is 7.08. The Kier molecular flexibility index (Phi) is 5.32. The summed E-state index contributed by atoms with van der Waals surface area (Å²) in [7, 11) is 0. The molecule has 0 fully saturated rings. The molecule has 21 heavy (non-hydrogen) atoms. The molecule has 1 N–H and O–H groups in total. The van der Waals surface area contributed by atoms with Gasteiger partial charge < -0.3 is 10.2 Å². The highest BCUT2D eigenvalue weighted by atomic mass is 15.2. The molecule has 1 aliphatic rings. The third-order valence-electron chi connectivity index (χ3n) is 4.76. The fourth-order valence-electron chi connectivity index (χ4n) is 3.66. The molecule has 2 rings (SSSR count). The van der Waals surface area contributed by atoms with Crippen molar-refractivity contribution in [1.29, 1.82) is 0 Å². The SMILES string of the molecule is CCCCN1c2ccc(CNCC)cc2[C@H](C)CC1(C)C. The van der Waals surface area contributed by atoms with Crippen molar-refractivity contribution in [3.05, 3.63) is 29.3 Å². The molecule has 0 radical (unpaired) electrons. The van der Waals surface area contributed by atoms with Crippen molar-refractivity contribution >= 4 is 5.69 Å². The first-order valence-corrected chi connectivity index (χ1v) is 8.60. The van der Waals surface area contributed by atoms with Crippen LogP contribution in [0.2, 0.25) is 0 Å². The van der Waals surface area contributed by atoms with Crippen molar-refractivity contribution in [2.45, 2.75) is 71.9 Å². The van der Waals surface area contributed by atoms with Gasteiger partial charge in [0.15, 0.2) is 0 Å². The Labute approximate surface area is 130 Å². The highest BCUT2D eigenvalue weighted by Gasteiger charge is 2.35. The molecule has 2 heteroatoms. The summed E-state index contributed by atoms with van der Waals surface area (Å²) in [4.78, 5) is 2.64. The second-order valence-electron chi connectivity index (χ2n) is 7.10. The Hall–Kier alpha value is -1.02. The van der Waals surface area contributed by atoms with Gasteiger partial charge in [-0.25, -0.2) is 0 Å². The number of hydrogen-bond donors (Lipinski definition) is 1. The van der Waals surface area contributed by atoms with Gasteiger partial charge in [0.25, 0.3) is 0 Å². The maximum atomic E-state index is 3.43. The zero-order valence-electron chi connectivity index (χ0n) is 14.5. The van der Waals surface area contributed by atoms with E-state index in [0.717, 1.165) is 13.1 Å². The van der Waals surface area contributed by atoms with Crippen LogP contribution in [0.25, 0.3) is 0 Å². The zero-order chi connectivity index (χ0) is 15.5. The summed E-state index contributed by atoms with van der Waals surface area (Å²) in [6.07, 6.45) is 3.78. The van der Waals surface area contributed by atoms with Crippen LogP contribution in [0.3, 0.4) is 0 Å². The molecule has 0 amide bonds. The average Bonchev–Trinajstić information content (AvgIpc) is 2.44. The molecule has 0 saturated carbocycles. The monoisotopic (exact) mass is 288 g/mol. The molecule has 2 nitrogen and oxygen atoms in total. The minimum atomic E-state index is 0.269. The molecule has 1 aliphatic heterocycles. The van der Waals surface area contributed by atoms with E-state index in [-0.39, 0.29) is 5.54 Å². The maximum absolute atomic E-state index is 3.43. The molecule has 0 bridgehead atoms. The number of nitrogens with one attached hydrogen (secondary N) is 1. The van der Waals surface area contributed by atoms with E-state index in [2.05, 4.69) is 63.0 Å². The van der Waals surface area contributed by atoms with E-state index in [1.807, 2.05) is 0 Å². The predicted molar refractivity (Wildman–Crippen MR) is 93.2 cm³/mol. The van der Waals surface area contributed by atoms with Crippen LogP contribution in [0.1, 0.15) is 70.9 Å². The molecule has 1 heterocycles. The minimum absolute atomic E-state index is 0.269. The normalized spacial score (nSPS) is 20.4. The van der Waals surface area contributed by atoms with Gasteiger partial charge in [-0.05, 0) is 56.3 Å². The van der Waals surface area contributed by atoms with Crippen molar-refractivity contribution in [2.24, 2.45) is 0 Å². The summed E-state index contributed by atoms with van der Waals surface area (Å²) < 4.78 is 0. The van der Waals surface area contributed by atoms with Crippen LogP contribution in [0, 0.1) is 0 Å². The topological polar surface area (TPSA) is 15.3 Å². The standard InChI is InChI=1S/C19H32N2/c1-6-8-11-21-18-10-9-16(14-20-7-2)12-17(18)15(3)13-19(21,4)5/h9-10,12,15,20H,6-8,11,13-14H2,1-5H3/t15-/m1/s1. The number of nitrogens with zero attached hydrogens (tertiary/aromatic N) is 1. The van der Waals surface area contributed by atoms with Crippen LogP contribution in [0.15, 0.2) is 18.2 Å². The van der Waals surface area contributed by atoms with Crippen LogP contribution in [0.4, 0.5) is 5.69 Å². The molecule has 0 aromatic heterocycles. The number of rotatable bonds is 6. The second kappa shape index (κ2) is 6.83. The summed E-state index contributed by atoms with van der Waals surface area (Å²) in [5.74, 6) is 0.648. The van der Waals surface area contributed by atoms with Crippen molar-refractivity contribution in [2.75, 3.05) is 18.0 Å². The van der Waals surface area contributed by atoms with E-state index in [4.69, 9.17) is 0 Å². The first-order valence-electron chi connectivity index (χ1n) is 8.60. The zero-order valence-corrected chi connectivity index (χ0v) is 14.5. The van der Waals surface area contributed by atoms with Crippen LogP contribution >= 0.6 is 0 Å². The molecule has 0 spiro atoms. The van der Waals surface area contributed by atoms with Gasteiger partial charge >= 0.3 is 0 Å². The molecule has 0 saturated heterocycles. The fraction of sp³-hybridized carbons (Fsp3) is 0.684. The molecule has 0 unspecified atom stereocenters. The smallest absolute Gasteiger partial charge is 0.0406 e. The van der Waals surface area contributed by atoms with E-state index in [9.17, 15) is 0 Å². The lowest BCUT2D eigenvalue weighted by molar-refractivity contribution is 0.373. The number of fused-ring (bicyclic) bond motifs is 1. The third-order valence-corrected chi connectivity index (χ3v) is 4.76. The van der Waals surface area contributed by atoms with Crippen LogP contribution in [-0.2, 0) is 6.54 Å². The second-order valence-corrected chi connectivity index (χ2v) is 7.10. The predicted octanol–water partition coefficient (Wildman–Crippen LogP) is 4.69. The summed E-state index contributed by atoms with van der Waals surface area (Å²) in [6.45, 7) is 14.8. The molecular formula is C19H32N2. The summed E-state index contributed by atoms with van der Waals surface area (Å²) in [5, 5.41) is 3.43. The van der Waals surface area contributed by atoms with Gasteiger partial charge in [-0.1, -0.05) is 39.3 Å². The Morgan fingerprint density at radius 3 is 2.71 bits per heavy atom. The van der Waals surface area contributed by atoms with Crippen LogP contribution in [0.5, 0.6) is 0 Å². The third kappa shape index (κ3) is 3.60. The van der Waals surface area contributed by atoms with Crippen molar-refractivity contribution in [3.8, 4) is 0 Å². The van der Waals surface area contributed by atoms with Crippen LogP contribution in [-0.4, -0.2) is 18.6 Å². The summed E-state index contributed by atoms with van der Waals surface area (Å²) >= 11 is 0. The van der Waals surface area contributed by atoms with Gasteiger partial charge in [-0.15, -0.1) is 0 Å². The van der Waals surface area contributed by atoms with Gasteiger partial charge in [0, 0.05) is 24.3 Å². The molecule has 118 valence electrons. The minimum Gasteiger partial charge on any atom is -0.366 e. The fourth-order valence-corrected chi connectivity index (χ4v) is 3.66. The van der Waals surface area contributed by atoms with E-state index in [1.165, 1.54) is 37.1 Å². The van der Waals surface area contributed by atoms with Gasteiger partial charge in [0.1, 0.15) is 0 Å². The summed E-state index contributed by atoms with van der Waals surface area (Å²) in [5.41, 5.74) is 4.69. The van der Waals surface area contributed by atoms with Crippen molar-refractivity contribution in [1.82, 2.24) is 5.32 Å². The quantitative estimate of drug-likeness (QED) is 0.817. The van der Waals surface area contributed by atoms with Gasteiger partial charge in [0.05, 0.1) is 0 Å². The number of hydrogen-bond acceptors (Lipinski definition) is 2. The first-order chi connectivity index (χ1) is 9.99. The Morgan fingerprint density at radius 1 is 1.29 bits per heavy atom. The lowest BCUT2D eigenvalue weighted by Gasteiger charge is -2.48. The number of benzene rings is 1. The van der Waals surface area contributed by atoms with E-state index in [1.54, 1.807) is 5.56 Å². The van der Waals surface area contributed by atoms with Gasteiger partial charge in [-0.2, -0.15) is 0 Å². The van der Waals surface area contributed by atoms with Gasteiger partial charge in [-0.3, -0.25) is 0 Å². The Morgan fingerprint density at radius 2 is 2.05 bits per heavy atom. The maximum Gasteiger partial charge on any atom is 0.0406 e. The van der Waals surface area contributed by atoms with Crippen molar-refractivity contribution < 1.29 is 0 Å². The van der Waals surface area contributed by atoms with Crippen LogP contribution < -0.4 is 10.2 Å². The highest BCUT2D eigenvalue weighted by Crippen LogP contribution is 2.43. The van der Waals surface area contributed by atoms with Gasteiger partial charge in [0.2, 0.25) is 0 Å². The number of anilines is 1. The molecule has 1 atom stereocenters. The molecule has 1 aromatic rings. The van der Waals surface area contributed by atoms with E-state index < -0.39 is 0 Å². The molecule has 0 aliphatic carbocycles. The first kappa shape index (κ1) is 16.4. The highest BCUT2D eigenvalue weighted by molar-refractivity contribution is 5.60. The molecular weight excluding hydrogens is 256 g/mol.